The molecule has 6 heteroatoms. The molecular weight excluding hydrogens is 348 g/mol. The van der Waals surface area contributed by atoms with E-state index in [-0.39, 0.29) is 12.1 Å². The first-order valence-electron chi connectivity index (χ1n) is 9.17. The number of amides is 2. The van der Waals surface area contributed by atoms with Gasteiger partial charge in [-0.15, -0.1) is 11.8 Å². The Morgan fingerprint density at radius 1 is 1.35 bits per heavy atom. The smallest absolute Gasteiger partial charge is 0.321 e. The maximum absolute atomic E-state index is 12.5. The molecule has 5 nitrogen and oxygen atoms in total. The van der Waals surface area contributed by atoms with Crippen LogP contribution in [0.1, 0.15) is 31.9 Å². The number of rotatable bonds is 7. The summed E-state index contributed by atoms with van der Waals surface area (Å²) in [6.45, 7) is 4.32. The molecule has 140 valence electrons. The van der Waals surface area contributed by atoms with Gasteiger partial charge in [0, 0.05) is 30.3 Å². The van der Waals surface area contributed by atoms with Crippen LogP contribution in [0.2, 0.25) is 0 Å². The fourth-order valence-corrected chi connectivity index (χ4v) is 3.73. The van der Waals surface area contributed by atoms with Gasteiger partial charge in [-0.1, -0.05) is 6.92 Å². The summed E-state index contributed by atoms with van der Waals surface area (Å²) >= 11 is 1.71. The lowest BCUT2D eigenvalue weighted by Crippen LogP contribution is -2.45. The van der Waals surface area contributed by atoms with Crippen molar-refractivity contribution >= 4 is 23.5 Å². The van der Waals surface area contributed by atoms with Gasteiger partial charge in [0.05, 0.1) is 18.1 Å². The molecule has 0 unspecified atom stereocenters. The van der Waals surface area contributed by atoms with Crippen molar-refractivity contribution in [2.75, 3.05) is 25.0 Å². The molecule has 1 aliphatic rings. The predicted molar refractivity (Wildman–Crippen MR) is 105 cm³/mol. The summed E-state index contributed by atoms with van der Waals surface area (Å²) in [6.07, 6.45) is 4.88. The van der Waals surface area contributed by atoms with Gasteiger partial charge in [-0.2, -0.15) is 0 Å². The highest BCUT2D eigenvalue weighted by atomic mass is 32.2. The molecule has 1 atom stereocenters. The van der Waals surface area contributed by atoms with Gasteiger partial charge in [0.1, 0.15) is 5.76 Å². The number of anilines is 1. The fraction of sp³-hybridized carbons (Fsp3) is 0.450. The molecule has 1 aliphatic heterocycles. The molecule has 0 saturated carbocycles. The van der Waals surface area contributed by atoms with Crippen molar-refractivity contribution < 1.29 is 13.9 Å². The van der Waals surface area contributed by atoms with Crippen molar-refractivity contribution in [1.82, 2.24) is 4.90 Å². The molecule has 0 radical (unpaired) electrons. The Labute approximate surface area is 159 Å². The summed E-state index contributed by atoms with van der Waals surface area (Å²) in [5.74, 6) is 1.75. The van der Waals surface area contributed by atoms with E-state index in [4.69, 9.17) is 9.15 Å². The van der Waals surface area contributed by atoms with Crippen LogP contribution in [-0.4, -0.2) is 36.7 Å². The van der Waals surface area contributed by atoms with E-state index in [1.807, 2.05) is 41.3 Å². The fourth-order valence-electron chi connectivity index (χ4n) is 2.93. The minimum atomic E-state index is -0.0502. The number of carbonyl (C=O) groups is 1. The van der Waals surface area contributed by atoms with E-state index in [0.717, 1.165) is 54.5 Å². The van der Waals surface area contributed by atoms with Crippen LogP contribution in [0.3, 0.4) is 0 Å². The topological polar surface area (TPSA) is 54.7 Å². The second-order valence-electron chi connectivity index (χ2n) is 6.40. The van der Waals surface area contributed by atoms with Crippen molar-refractivity contribution in [3.8, 4) is 0 Å². The summed E-state index contributed by atoms with van der Waals surface area (Å²) in [5.41, 5.74) is 0.814. The maximum atomic E-state index is 12.5. The van der Waals surface area contributed by atoms with Crippen molar-refractivity contribution in [3.63, 3.8) is 0 Å². The van der Waals surface area contributed by atoms with Gasteiger partial charge in [-0.3, -0.25) is 0 Å². The number of nitrogens with zero attached hydrogens (tertiary/aromatic N) is 1. The number of ether oxygens (including phenoxy) is 1. The van der Waals surface area contributed by atoms with Crippen LogP contribution in [-0.2, 0) is 10.5 Å². The Morgan fingerprint density at radius 2 is 2.19 bits per heavy atom. The summed E-state index contributed by atoms with van der Waals surface area (Å²) in [6, 6.07) is 11.7. The lowest BCUT2D eigenvalue weighted by molar-refractivity contribution is 0.0115. The molecular formula is C20H26N2O3S. The number of nitrogens with one attached hydrogen (secondary N) is 1. The maximum Gasteiger partial charge on any atom is 0.321 e. The summed E-state index contributed by atoms with van der Waals surface area (Å²) in [5, 5.41) is 2.99. The third kappa shape index (κ3) is 5.54. The van der Waals surface area contributed by atoms with Gasteiger partial charge in [0.15, 0.2) is 0 Å². The second-order valence-corrected chi connectivity index (χ2v) is 7.45. The third-order valence-electron chi connectivity index (χ3n) is 4.29. The predicted octanol–water partition coefficient (Wildman–Crippen LogP) is 4.99. The van der Waals surface area contributed by atoms with Crippen LogP contribution in [0.15, 0.2) is 52.0 Å². The van der Waals surface area contributed by atoms with Crippen molar-refractivity contribution in [2.45, 2.75) is 42.9 Å². The Morgan fingerprint density at radius 3 is 2.92 bits per heavy atom. The van der Waals surface area contributed by atoms with E-state index < -0.39 is 0 Å². The first-order chi connectivity index (χ1) is 12.7. The third-order valence-corrected chi connectivity index (χ3v) is 5.32. The van der Waals surface area contributed by atoms with E-state index in [9.17, 15) is 4.79 Å². The highest BCUT2D eigenvalue weighted by Crippen LogP contribution is 2.24. The Bertz CT molecular complexity index is 673. The number of urea groups is 1. The normalized spacial score (nSPS) is 17.3. The number of piperidine rings is 1. The molecule has 2 heterocycles. The van der Waals surface area contributed by atoms with E-state index in [0.29, 0.717) is 6.54 Å². The minimum absolute atomic E-state index is 0.0502. The SMILES string of the molecule is CCCO[C@H]1CCCN(C(=O)Nc2ccc(SCc3ccco3)cc2)C1. The van der Waals surface area contributed by atoms with Crippen LogP contribution < -0.4 is 5.32 Å². The van der Waals surface area contributed by atoms with Gasteiger partial charge in [-0.25, -0.2) is 4.79 Å². The molecule has 0 bridgehead atoms. The quantitative estimate of drug-likeness (QED) is 0.693. The molecule has 0 spiro atoms. The van der Waals surface area contributed by atoms with E-state index in [1.165, 1.54) is 0 Å². The zero-order valence-electron chi connectivity index (χ0n) is 15.1. The largest absolute Gasteiger partial charge is 0.468 e. The van der Waals surface area contributed by atoms with Gasteiger partial charge < -0.3 is 19.4 Å². The van der Waals surface area contributed by atoms with Gasteiger partial charge >= 0.3 is 6.03 Å². The van der Waals surface area contributed by atoms with Crippen molar-refractivity contribution in [3.05, 3.63) is 48.4 Å². The Balaban J connectivity index is 1.47. The van der Waals surface area contributed by atoms with Crippen LogP contribution in [0.5, 0.6) is 0 Å². The molecule has 0 aliphatic carbocycles. The number of carbonyl (C=O) groups excluding carboxylic acids is 1. The lowest BCUT2D eigenvalue weighted by atomic mass is 10.1. The number of thioether (sulfide) groups is 1. The molecule has 2 aromatic rings. The van der Waals surface area contributed by atoms with Crippen LogP contribution in [0, 0.1) is 0 Å². The number of furan rings is 1. The van der Waals surface area contributed by atoms with Gasteiger partial charge in [-0.05, 0) is 55.7 Å². The Hall–Kier alpha value is -1.92. The highest BCUT2D eigenvalue weighted by molar-refractivity contribution is 7.98. The summed E-state index contributed by atoms with van der Waals surface area (Å²) in [7, 11) is 0. The highest BCUT2D eigenvalue weighted by Gasteiger charge is 2.24. The van der Waals surface area contributed by atoms with Crippen LogP contribution in [0.25, 0.3) is 0 Å². The van der Waals surface area contributed by atoms with Crippen molar-refractivity contribution in [2.24, 2.45) is 0 Å². The average molecular weight is 375 g/mol. The van der Waals surface area contributed by atoms with E-state index >= 15 is 0 Å². The van der Waals surface area contributed by atoms with Crippen molar-refractivity contribution in [1.29, 1.82) is 0 Å². The zero-order valence-corrected chi connectivity index (χ0v) is 16.0. The van der Waals surface area contributed by atoms with Gasteiger partial charge in [0.25, 0.3) is 0 Å². The van der Waals surface area contributed by atoms with E-state index in [2.05, 4.69) is 12.2 Å². The molecule has 2 amide bonds. The molecule has 1 saturated heterocycles. The first kappa shape index (κ1) is 18.9. The molecule has 3 rings (SSSR count). The van der Waals surface area contributed by atoms with Crippen LogP contribution in [0.4, 0.5) is 10.5 Å². The molecule has 1 fully saturated rings. The average Bonchev–Trinajstić information content (AvgIpc) is 3.19. The monoisotopic (exact) mass is 374 g/mol. The van der Waals surface area contributed by atoms with Crippen LogP contribution >= 0.6 is 11.8 Å². The molecule has 1 N–H and O–H groups in total. The Kier molecular flexibility index (Phi) is 7.03. The standard InChI is InChI=1S/C20H26N2O3S/c1-2-12-24-17-5-3-11-22(14-17)20(23)21-16-7-9-19(10-8-16)26-15-18-6-4-13-25-18/h4,6-10,13,17H,2-3,5,11-12,14-15H2,1H3,(H,21,23)/t17-/m0/s1. The number of benzene rings is 1. The minimum Gasteiger partial charge on any atom is -0.468 e. The second kappa shape index (κ2) is 9.69. The first-order valence-corrected chi connectivity index (χ1v) is 10.2. The van der Waals surface area contributed by atoms with Gasteiger partial charge in [0.2, 0.25) is 0 Å². The molecule has 26 heavy (non-hydrogen) atoms. The summed E-state index contributed by atoms with van der Waals surface area (Å²) in [4.78, 5) is 15.5. The number of hydrogen-bond acceptors (Lipinski definition) is 4. The van der Waals surface area contributed by atoms with E-state index in [1.54, 1.807) is 18.0 Å². The number of likely N-dealkylation sites (tertiary alicyclic amines) is 1. The number of hydrogen-bond donors (Lipinski definition) is 1. The molecule has 1 aromatic heterocycles. The zero-order chi connectivity index (χ0) is 18.2. The molecule has 1 aromatic carbocycles. The lowest BCUT2D eigenvalue weighted by Gasteiger charge is -2.32. The summed E-state index contributed by atoms with van der Waals surface area (Å²) < 4.78 is 11.1.